The highest BCUT2D eigenvalue weighted by atomic mass is 16.3. The van der Waals surface area contributed by atoms with E-state index in [1.54, 1.807) is 24.1 Å². The van der Waals surface area contributed by atoms with Crippen LogP contribution < -0.4 is 10.3 Å². The molecule has 0 saturated carbocycles. The number of hydrogen-bond donors (Lipinski definition) is 0. The molecule has 6 heteroatoms. The number of carbonyl (C=O) groups excluding carboxylic acids is 2. The Hall–Kier alpha value is -3.41. The minimum atomic E-state index is -1.48. The molecule has 1 unspecified atom stereocenters. The molecule has 2 aliphatic heterocycles. The van der Waals surface area contributed by atoms with Gasteiger partial charge in [0.25, 0.3) is 11.8 Å². The predicted octanol–water partition coefficient (Wildman–Crippen LogP) is 3.58. The van der Waals surface area contributed by atoms with E-state index in [1.165, 1.54) is 4.90 Å². The topological polar surface area (TPSA) is 70.8 Å². The second-order valence-corrected chi connectivity index (χ2v) is 8.04. The summed E-state index contributed by atoms with van der Waals surface area (Å²) in [6, 6.07) is 12.7. The molecule has 3 heterocycles. The first kappa shape index (κ1) is 18.6. The number of fused-ring (bicyclic) bond motifs is 5. The highest BCUT2D eigenvalue weighted by Gasteiger charge is 2.64. The maximum absolute atomic E-state index is 13.8. The zero-order valence-electron chi connectivity index (χ0n) is 17.2. The van der Waals surface area contributed by atoms with E-state index in [-0.39, 0.29) is 22.7 Å². The van der Waals surface area contributed by atoms with Gasteiger partial charge in [0.1, 0.15) is 5.58 Å². The number of amides is 2. The predicted molar refractivity (Wildman–Crippen MR) is 114 cm³/mol. The van der Waals surface area contributed by atoms with Gasteiger partial charge in [0.05, 0.1) is 10.9 Å². The van der Waals surface area contributed by atoms with Gasteiger partial charge in [-0.1, -0.05) is 43.2 Å². The van der Waals surface area contributed by atoms with Crippen LogP contribution in [0.1, 0.15) is 47.0 Å². The van der Waals surface area contributed by atoms with Crippen LogP contribution in [0.5, 0.6) is 0 Å². The number of unbranched alkanes of at least 4 members (excludes halogenated alkanes) is 1. The Labute approximate surface area is 173 Å². The molecule has 0 fully saturated rings. The Morgan fingerprint density at radius 2 is 1.83 bits per heavy atom. The number of hydrogen-bond acceptors (Lipinski definition) is 4. The molecule has 1 atom stereocenters. The second-order valence-electron chi connectivity index (χ2n) is 8.04. The standard InChI is InChI=1S/C24H22N2O4/c1-4-5-12-26-22(28)21-19(20(27)15-13-14(2)10-11-18(15)30-21)24(26)16-8-6-7-9-17(16)25(3)23(24)29/h6-11,13H,4-5,12H2,1-3H3. The van der Waals surface area contributed by atoms with Crippen molar-refractivity contribution >= 4 is 28.5 Å². The third-order valence-electron chi connectivity index (χ3n) is 6.26. The van der Waals surface area contributed by atoms with Crippen molar-refractivity contribution in [2.24, 2.45) is 0 Å². The first-order valence-corrected chi connectivity index (χ1v) is 10.2. The molecule has 2 amide bonds. The maximum atomic E-state index is 13.8. The third kappa shape index (κ3) is 2.11. The van der Waals surface area contributed by atoms with Crippen molar-refractivity contribution < 1.29 is 14.0 Å². The number of para-hydroxylation sites is 1. The van der Waals surface area contributed by atoms with Crippen molar-refractivity contribution in [2.45, 2.75) is 32.2 Å². The first-order valence-electron chi connectivity index (χ1n) is 10.2. The van der Waals surface area contributed by atoms with Crippen LogP contribution in [0, 0.1) is 6.92 Å². The van der Waals surface area contributed by atoms with Crippen LogP contribution in [0.3, 0.4) is 0 Å². The van der Waals surface area contributed by atoms with Gasteiger partial charge in [0.15, 0.2) is 11.0 Å². The lowest BCUT2D eigenvalue weighted by Gasteiger charge is -2.33. The summed E-state index contributed by atoms with van der Waals surface area (Å²) in [6.45, 7) is 4.28. The molecule has 6 nitrogen and oxygen atoms in total. The zero-order chi connectivity index (χ0) is 21.2. The van der Waals surface area contributed by atoms with Gasteiger partial charge in [0, 0.05) is 24.8 Å². The summed E-state index contributed by atoms with van der Waals surface area (Å²) < 4.78 is 5.99. The Morgan fingerprint density at radius 1 is 1.07 bits per heavy atom. The van der Waals surface area contributed by atoms with Crippen molar-refractivity contribution in [1.82, 2.24) is 4.90 Å². The molecule has 0 saturated heterocycles. The van der Waals surface area contributed by atoms with E-state index in [0.717, 1.165) is 12.0 Å². The molecular weight excluding hydrogens is 380 g/mol. The second kappa shape index (κ2) is 6.29. The largest absolute Gasteiger partial charge is 0.450 e. The van der Waals surface area contributed by atoms with E-state index in [2.05, 4.69) is 0 Å². The normalized spacial score (nSPS) is 19.8. The average Bonchev–Trinajstić information content (AvgIpc) is 3.12. The Kier molecular flexibility index (Phi) is 3.90. The molecule has 30 heavy (non-hydrogen) atoms. The van der Waals surface area contributed by atoms with Gasteiger partial charge in [-0.05, 0) is 31.5 Å². The highest BCUT2D eigenvalue weighted by Crippen LogP contribution is 2.52. The van der Waals surface area contributed by atoms with Gasteiger partial charge in [-0.25, -0.2) is 0 Å². The van der Waals surface area contributed by atoms with Gasteiger partial charge in [0.2, 0.25) is 5.76 Å². The van der Waals surface area contributed by atoms with Crippen molar-refractivity contribution in [3.05, 3.63) is 75.1 Å². The summed E-state index contributed by atoms with van der Waals surface area (Å²) in [6.07, 6.45) is 1.57. The van der Waals surface area contributed by atoms with Crippen LogP contribution >= 0.6 is 0 Å². The van der Waals surface area contributed by atoms with E-state index in [4.69, 9.17) is 4.42 Å². The average molecular weight is 402 g/mol. The van der Waals surface area contributed by atoms with Crippen LogP contribution in [0.15, 0.2) is 51.7 Å². The number of aryl methyl sites for hydroxylation is 1. The lowest BCUT2D eigenvalue weighted by atomic mass is 9.84. The molecule has 0 aliphatic carbocycles. The Balaban J connectivity index is 1.93. The van der Waals surface area contributed by atoms with Crippen LogP contribution in [-0.4, -0.2) is 30.3 Å². The quantitative estimate of drug-likeness (QED) is 0.671. The maximum Gasteiger partial charge on any atom is 0.291 e. The van der Waals surface area contributed by atoms with E-state index in [0.29, 0.717) is 35.2 Å². The van der Waals surface area contributed by atoms with Gasteiger partial charge < -0.3 is 14.2 Å². The summed E-state index contributed by atoms with van der Waals surface area (Å²) in [5.41, 5.74) is 0.965. The SMILES string of the molecule is CCCCN1C(=O)c2oc3ccc(C)cc3c(=O)c2C12C(=O)N(C)c1ccccc12. The number of likely N-dealkylation sites (N-methyl/N-ethyl adjacent to an activating group) is 1. The number of carbonyl (C=O) groups is 2. The van der Waals surface area contributed by atoms with Gasteiger partial charge in [-0.3, -0.25) is 14.4 Å². The van der Waals surface area contributed by atoms with Gasteiger partial charge >= 0.3 is 0 Å². The summed E-state index contributed by atoms with van der Waals surface area (Å²) in [5.74, 6) is -0.728. The van der Waals surface area contributed by atoms with Gasteiger partial charge in [-0.2, -0.15) is 0 Å². The van der Waals surface area contributed by atoms with E-state index in [9.17, 15) is 14.4 Å². The molecule has 1 spiro atoms. The van der Waals surface area contributed by atoms with Crippen LogP contribution in [0.25, 0.3) is 11.0 Å². The molecule has 2 aromatic carbocycles. The molecule has 0 bridgehead atoms. The van der Waals surface area contributed by atoms with Crippen LogP contribution in [0.2, 0.25) is 0 Å². The Morgan fingerprint density at radius 3 is 2.60 bits per heavy atom. The zero-order valence-corrected chi connectivity index (χ0v) is 17.2. The monoisotopic (exact) mass is 402 g/mol. The summed E-state index contributed by atoms with van der Waals surface area (Å²) in [4.78, 5) is 44.1. The lowest BCUT2D eigenvalue weighted by Crippen LogP contribution is -2.53. The van der Waals surface area contributed by atoms with Crippen molar-refractivity contribution in [2.75, 3.05) is 18.5 Å². The number of rotatable bonds is 3. The lowest BCUT2D eigenvalue weighted by molar-refractivity contribution is -0.125. The molecule has 3 aromatic rings. The summed E-state index contributed by atoms with van der Waals surface area (Å²) in [7, 11) is 1.68. The number of anilines is 1. The first-order chi connectivity index (χ1) is 14.4. The minimum absolute atomic E-state index is 0.0223. The fourth-order valence-corrected chi connectivity index (χ4v) is 4.83. The highest BCUT2D eigenvalue weighted by molar-refractivity contribution is 6.16. The molecule has 0 N–H and O–H groups in total. The fourth-order valence-electron chi connectivity index (χ4n) is 4.83. The minimum Gasteiger partial charge on any atom is -0.450 e. The van der Waals surface area contributed by atoms with Crippen LogP contribution in [0.4, 0.5) is 5.69 Å². The van der Waals surface area contributed by atoms with Crippen molar-refractivity contribution in [1.29, 1.82) is 0 Å². The molecule has 152 valence electrons. The summed E-state index contributed by atoms with van der Waals surface area (Å²) in [5, 5.41) is 0.387. The molecule has 0 radical (unpaired) electrons. The van der Waals surface area contributed by atoms with E-state index < -0.39 is 11.4 Å². The third-order valence-corrected chi connectivity index (χ3v) is 6.26. The molecule has 5 rings (SSSR count). The van der Waals surface area contributed by atoms with E-state index >= 15 is 0 Å². The fraction of sp³-hybridized carbons (Fsp3) is 0.292. The van der Waals surface area contributed by atoms with Crippen molar-refractivity contribution in [3.8, 4) is 0 Å². The molecular formula is C24H22N2O4. The summed E-state index contributed by atoms with van der Waals surface area (Å²) >= 11 is 0. The molecule has 2 aliphatic rings. The van der Waals surface area contributed by atoms with Crippen molar-refractivity contribution in [3.63, 3.8) is 0 Å². The Bertz CT molecular complexity index is 1290. The number of benzene rings is 2. The smallest absolute Gasteiger partial charge is 0.291 e. The van der Waals surface area contributed by atoms with E-state index in [1.807, 2.05) is 44.2 Å². The number of nitrogens with zero attached hydrogens (tertiary/aromatic N) is 2. The van der Waals surface area contributed by atoms with Gasteiger partial charge in [-0.15, -0.1) is 0 Å². The molecule has 1 aromatic heterocycles. The van der Waals surface area contributed by atoms with Crippen LogP contribution in [-0.2, 0) is 10.3 Å².